The molecule has 0 saturated carbocycles. The summed E-state index contributed by atoms with van der Waals surface area (Å²) in [6, 6.07) is 16.0. The Bertz CT molecular complexity index is 1280. The highest BCUT2D eigenvalue weighted by Gasteiger charge is 2.23. The molecule has 0 saturated heterocycles. The van der Waals surface area contributed by atoms with Crippen LogP contribution in [0.1, 0.15) is 33.2 Å². The zero-order valence-corrected chi connectivity index (χ0v) is 17.7. The lowest BCUT2D eigenvalue weighted by Crippen LogP contribution is -2.18. The lowest BCUT2D eigenvalue weighted by Gasteiger charge is -2.12. The quantitative estimate of drug-likeness (QED) is 0.455. The molecular weight excluding hydrogens is 416 g/mol. The summed E-state index contributed by atoms with van der Waals surface area (Å²) in [7, 11) is 0. The number of anilines is 1. The standard InChI is InChI=1S/C23H19ClN4O3/c1-3-31-23(30)18-13-25-28(20-12-14(2)17-6-4-5-7-19(17)26-20)21(18)27-22(29)15-8-10-16(24)11-9-15/h4-13H,3H2,1-2H3,(H,27,29). The van der Waals surface area contributed by atoms with Crippen LogP contribution in [0, 0.1) is 6.92 Å². The molecule has 31 heavy (non-hydrogen) atoms. The van der Waals surface area contributed by atoms with E-state index in [2.05, 4.69) is 15.4 Å². The first kappa shape index (κ1) is 20.6. The molecule has 0 aliphatic heterocycles. The average molecular weight is 435 g/mol. The lowest BCUT2D eigenvalue weighted by molar-refractivity contribution is 0.0527. The molecule has 8 heteroatoms. The Hall–Kier alpha value is -3.71. The molecule has 2 aromatic carbocycles. The number of benzene rings is 2. The first-order valence-corrected chi connectivity index (χ1v) is 10.0. The molecule has 0 spiro atoms. The summed E-state index contributed by atoms with van der Waals surface area (Å²) in [5.41, 5.74) is 2.29. The number of ether oxygens (including phenoxy) is 1. The Labute approximate surface area is 183 Å². The van der Waals surface area contributed by atoms with Crippen molar-refractivity contribution in [3.05, 3.63) is 82.5 Å². The third-order valence-corrected chi connectivity index (χ3v) is 4.98. The number of carbonyl (C=O) groups is 2. The van der Waals surface area contributed by atoms with Crippen molar-refractivity contribution in [3.8, 4) is 5.82 Å². The van der Waals surface area contributed by atoms with Crippen molar-refractivity contribution in [1.29, 1.82) is 0 Å². The van der Waals surface area contributed by atoms with Gasteiger partial charge in [0.15, 0.2) is 11.6 Å². The number of carbonyl (C=O) groups excluding carboxylic acids is 2. The molecule has 0 fully saturated rings. The lowest BCUT2D eigenvalue weighted by atomic mass is 10.1. The van der Waals surface area contributed by atoms with E-state index in [1.807, 2.05) is 37.3 Å². The highest BCUT2D eigenvalue weighted by atomic mass is 35.5. The predicted octanol–water partition coefficient (Wildman–Crippen LogP) is 4.81. The molecule has 0 unspecified atom stereocenters. The molecule has 0 radical (unpaired) electrons. The average Bonchev–Trinajstić information content (AvgIpc) is 3.18. The van der Waals surface area contributed by atoms with Crippen LogP contribution in [-0.2, 0) is 4.74 Å². The van der Waals surface area contributed by atoms with E-state index in [1.165, 1.54) is 10.9 Å². The van der Waals surface area contributed by atoms with Crippen molar-refractivity contribution >= 4 is 40.2 Å². The van der Waals surface area contributed by atoms with Gasteiger partial charge in [-0.25, -0.2) is 9.78 Å². The second kappa shape index (κ2) is 8.57. The largest absolute Gasteiger partial charge is 0.462 e. The molecule has 0 aliphatic rings. The van der Waals surface area contributed by atoms with Gasteiger partial charge in [0.05, 0.1) is 18.3 Å². The predicted molar refractivity (Wildman–Crippen MR) is 119 cm³/mol. The van der Waals surface area contributed by atoms with Crippen molar-refractivity contribution in [3.63, 3.8) is 0 Å². The van der Waals surface area contributed by atoms with Crippen LogP contribution in [-0.4, -0.2) is 33.2 Å². The second-order valence-electron chi connectivity index (χ2n) is 6.81. The fraction of sp³-hybridized carbons (Fsp3) is 0.130. The minimum atomic E-state index is -0.585. The number of aromatic nitrogens is 3. The summed E-state index contributed by atoms with van der Waals surface area (Å²) >= 11 is 5.91. The maximum atomic E-state index is 12.9. The molecule has 7 nitrogen and oxygen atoms in total. The molecule has 2 aromatic heterocycles. The van der Waals surface area contributed by atoms with Crippen LogP contribution >= 0.6 is 11.6 Å². The number of hydrogen-bond donors (Lipinski definition) is 1. The molecule has 1 amide bonds. The first-order chi connectivity index (χ1) is 15.0. The molecule has 1 N–H and O–H groups in total. The maximum absolute atomic E-state index is 12.9. The molecule has 0 atom stereocenters. The number of fused-ring (bicyclic) bond motifs is 1. The third-order valence-electron chi connectivity index (χ3n) is 4.73. The topological polar surface area (TPSA) is 86.1 Å². The number of para-hydroxylation sites is 1. The molecule has 4 rings (SSSR count). The van der Waals surface area contributed by atoms with Crippen molar-refractivity contribution < 1.29 is 14.3 Å². The van der Waals surface area contributed by atoms with Gasteiger partial charge in [-0.15, -0.1) is 0 Å². The Morgan fingerprint density at radius 1 is 1.13 bits per heavy atom. The number of aryl methyl sites for hydroxylation is 1. The normalized spacial score (nSPS) is 10.8. The summed E-state index contributed by atoms with van der Waals surface area (Å²) in [6.45, 7) is 3.87. The van der Waals surface area contributed by atoms with Gasteiger partial charge in [0.25, 0.3) is 5.91 Å². The Morgan fingerprint density at radius 3 is 2.61 bits per heavy atom. The van der Waals surface area contributed by atoms with E-state index in [0.717, 1.165) is 16.5 Å². The number of amides is 1. The number of halogens is 1. The molecule has 2 heterocycles. The molecule has 156 valence electrons. The van der Waals surface area contributed by atoms with Crippen LogP contribution in [0.4, 0.5) is 5.82 Å². The van der Waals surface area contributed by atoms with E-state index in [-0.39, 0.29) is 18.0 Å². The van der Waals surface area contributed by atoms with Gasteiger partial charge in [-0.05, 0) is 55.8 Å². The van der Waals surface area contributed by atoms with Crippen LogP contribution in [0.25, 0.3) is 16.7 Å². The van der Waals surface area contributed by atoms with Crippen molar-refractivity contribution in [1.82, 2.24) is 14.8 Å². The van der Waals surface area contributed by atoms with E-state index in [1.54, 1.807) is 31.2 Å². The van der Waals surface area contributed by atoms with Gasteiger partial charge < -0.3 is 10.1 Å². The van der Waals surface area contributed by atoms with Crippen LogP contribution in [0.2, 0.25) is 5.02 Å². The van der Waals surface area contributed by atoms with Crippen molar-refractivity contribution in [2.24, 2.45) is 0 Å². The zero-order chi connectivity index (χ0) is 22.0. The number of hydrogen-bond acceptors (Lipinski definition) is 5. The van der Waals surface area contributed by atoms with Gasteiger partial charge >= 0.3 is 5.97 Å². The van der Waals surface area contributed by atoms with Gasteiger partial charge in [0, 0.05) is 16.0 Å². The van der Waals surface area contributed by atoms with E-state index in [4.69, 9.17) is 16.3 Å². The number of rotatable bonds is 5. The molecular formula is C23H19ClN4O3. The van der Waals surface area contributed by atoms with Gasteiger partial charge in [-0.2, -0.15) is 9.78 Å². The Kier molecular flexibility index (Phi) is 5.68. The number of esters is 1. The first-order valence-electron chi connectivity index (χ1n) is 9.66. The van der Waals surface area contributed by atoms with Gasteiger partial charge in [-0.1, -0.05) is 29.8 Å². The van der Waals surface area contributed by atoms with Crippen molar-refractivity contribution in [2.75, 3.05) is 11.9 Å². The van der Waals surface area contributed by atoms with Crippen molar-refractivity contribution in [2.45, 2.75) is 13.8 Å². The summed E-state index contributed by atoms with van der Waals surface area (Å²) in [4.78, 5) is 30.0. The number of nitrogens with one attached hydrogen (secondary N) is 1. The molecule has 0 bridgehead atoms. The molecule has 4 aromatic rings. The van der Waals surface area contributed by atoms with E-state index in [0.29, 0.717) is 16.4 Å². The highest BCUT2D eigenvalue weighted by molar-refractivity contribution is 6.30. The maximum Gasteiger partial charge on any atom is 0.343 e. The van der Waals surface area contributed by atoms with Crippen LogP contribution in [0.3, 0.4) is 0 Å². The minimum Gasteiger partial charge on any atom is -0.462 e. The van der Waals surface area contributed by atoms with E-state index < -0.39 is 11.9 Å². The number of nitrogens with zero attached hydrogens (tertiary/aromatic N) is 3. The minimum absolute atomic E-state index is 0.136. The SMILES string of the molecule is CCOC(=O)c1cnn(-c2cc(C)c3ccccc3n2)c1NC(=O)c1ccc(Cl)cc1. The van der Waals surface area contributed by atoms with Gasteiger partial charge in [0.2, 0.25) is 0 Å². The Balaban J connectivity index is 1.80. The van der Waals surface area contributed by atoms with Gasteiger partial charge in [-0.3, -0.25) is 4.79 Å². The van der Waals surface area contributed by atoms with Gasteiger partial charge in [0.1, 0.15) is 5.56 Å². The number of pyridine rings is 1. The van der Waals surface area contributed by atoms with E-state index in [9.17, 15) is 9.59 Å². The summed E-state index contributed by atoms with van der Waals surface area (Å²) in [6.07, 6.45) is 1.36. The zero-order valence-electron chi connectivity index (χ0n) is 16.9. The summed E-state index contributed by atoms with van der Waals surface area (Å²) in [5, 5.41) is 8.62. The summed E-state index contributed by atoms with van der Waals surface area (Å²) in [5.74, 6) is -0.349. The molecule has 0 aliphatic carbocycles. The highest BCUT2D eigenvalue weighted by Crippen LogP contribution is 2.25. The van der Waals surface area contributed by atoms with Crippen LogP contribution in [0.5, 0.6) is 0 Å². The smallest absolute Gasteiger partial charge is 0.343 e. The fourth-order valence-corrected chi connectivity index (χ4v) is 3.35. The summed E-state index contributed by atoms with van der Waals surface area (Å²) < 4.78 is 6.56. The van der Waals surface area contributed by atoms with Crippen LogP contribution < -0.4 is 5.32 Å². The van der Waals surface area contributed by atoms with E-state index >= 15 is 0 Å². The van der Waals surface area contributed by atoms with Crippen LogP contribution in [0.15, 0.2) is 60.8 Å². The third kappa shape index (κ3) is 4.13. The fourth-order valence-electron chi connectivity index (χ4n) is 3.22. The monoisotopic (exact) mass is 434 g/mol. The second-order valence-corrected chi connectivity index (χ2v) is 7.25. The Morgan fingerprint density at radius 2 is 1.87 bits per heavy atom.